The number of para-hydroxylation sites is 1. The normalized spacial score (nSPS) is 14.6. The van der Waals surface area contributed by atoms with E-state index in [2.05, 4.69) is 19.2 Å². The summed E-state index contributed by atoms with van der Waals surface area (Å²) in [5.74, 6) is 0.225. The Morgan fingerprint density at radius 3 is 2.17 bits per heavy atom. The van der Waals surface area contributed by atoms with Gasteiger partial charge in [0, 0.05) is 37.3 Å². The van der Waals surface area contributed by atoms with E-state index in [4.69, 9.17) is 0 Å². The van der Waals surface area contributed by atoms with Crippen LogP contribution in [-0.4, -0.2) is 60.1 Å². The van der Waals surface area contributed by atoms with Crippen molar-refractivity contribution in [1.82, 2.24) is 9.80 Å². The zero-order valence-corrected chi connectivity index (χ0v) is 17.9. The molecule has 1 aliphatic rings. The zero-order chi connectivity index (χ0) is 21.7. The summed E-state index contributed by atoms with van der Waals surface area (Å²) in [4.78, 5) is 40.8. The molecule has 0 spiro atoms. The second-order valence-electron chi connectivity index (χ2n) is 8.00. The van der Waals surface area contributed by atoms with Crippen molar-refractivity contribution in [2.24, 2.45) is 0 Å². The summed E-state index contributed by atoms with van der Waals surface area (Å²) in [7, 11) is 0. The van der Waals surface area contributed by atoms with E-state index in [1.54, 1.807) is 24.3 Å². The first kappa shape index (κ1) is 21.7. The molecule has 2 amide bonds. The maximum Gasteiger partial charge on any atom is 0.253 e. The minimum Gasteiger partial charge on any atom is -0.336 e. The number of nitrogens with one attached hydrogen (secondary N) is 1. The largest absolute Gasteiger partial charge is 0.336 e. The van der Waals surface area contributed by atoms with Gasteiger partial charge in [0.05, 0.1) is 12.2 Å². The van der Waals surface area contributed by atoms with Gasteiger partial charge in [-0.1, -0.05) is 38.1 Å². The van der Waals surface area contributed by atoms with Crippen molar-refractivity contribution >= 4 is 23.3 Å². The van der Waals surface area contributed by atoms with Crippen LogP contribution in [0.4, 0.5) is 5.69 Å². The van der Waals surface area contributed by atoms with Crippen molar-refractivity contribution in [3.63, 3.8) is 0 Å². The van der Waals surface area contributed by atoms with E-state index in [0.29, 0.717) is 48.9 Å². The lowest BCUT2D eigenvalue weighted by atomic mass is 10.0. The van der Waals surface area contributed by atoms with E-state index in [1.165, 1.54) is 12.5 Å². The quantitative estimate of drug-likeness (QED) is 0.745. The number of amides is 2. The molecule has 6 nitrogen and oxygen atoms in total. The fraction of sp³-hybridized carbons (Fsp3) is 0.375. The fourth-order valence-corrected chi connectivity index (χ4v) is 3.59. The van der Waals surface area contributed by atoms with E-state index in [-0.39, 0.29) is 24.1 Å². The molecule has 158 valence electrons. The van der Waals surface area contributed by atoms with Crippen LogP contribution in [0.15, 0.2) is 48.5 Å². The molecule has 30 heavy (non-hydrogen) atoms. The number of ketones is 1. The molecule has 1 heterocycles. The van der Waals surface area contributed by atoms with Crippen molar-refractivity contribution in [3.8, 4) is 0 Å². The van der Waals surface area contributed by atoms with Crippen molar-refractivity contribution < 1.29 is 14.4 Å². The minimum atomic E-state index is -0.159. The molecule has 3 rings (SSSR count). The summed E-state index contributed by atoms with van der Waals surface area (Å²) in [5, 5.41) is 2.83. The monoisotopic (exact) mass is 407 g/mol. The van der Waals surface area contributed by atoms with E-state index in [1.807, 2.05) is 34.1 Å². The van der Waals surface area contributed by atoms with Gasteiger partial charge in [0.1, 0.15) is 0 Å². The number of nitrogens with zero attached hydrogens (tertiary/aromatic N) is 2. The molecule has 1 fully saturated rings. The molecule has 6 heteroatoms. The second-order valence-corrected chi connectivity index (χ2v) is 8.00. The Morgan fingerprint density at radius 1 is 0.933 bits per heavy atom. The van der Waals surface area contributed by atoms with Gasteiger partial charge >= 0.3 is 0 Å². The van der Waals surface area contributed by atoms with Gasteiger partial charge in [-0.25, -0.2) is 0 Å². The lowest BCUT2D eigenvalue weighted by Crippen LogP contribution is -2.50. The summed E-state index contributed by atoms with van der Waals surface area (Å²) >= 11 is 0. The smallest absolute Gasteiger partial charge is 0.253 e. The van der Waals surface area contributed by atoms with Crippen molar-refractivity contribution in [2.45, 2.75) is 26.7 Å². The van der Waals surface area contributed by atoms with Gasteiger partial charge in [-0.15, -0.1) is 0 Å². The number of hydrogen-bond acceptors (Lipinski definition) is 4. The highest BCUT2D eigenvalue weighted by atomic mass is 16.2. The third-order valence-corrected chi connectivity index (χ3v) is 5.43. The molecule has 1 N–H and O–H groups in total. The van der Waals surface area contributed by atoms with Crippen LogP contribution in [0.25, 0.3) is 0 Å². The van der Waals surface area contributed by atoms with E-state index in [9.17, 15) is 14.4 Å². The maximum atomic E-state index is 12.7. The summed E-state index contributed by atoms with van der Waals surface area (Å²) in [5.41, 5.74) is 2.96. The lowest BCUT2D eigenvalue weighted by Gasteiger charge is -2.34. The molecule has 2 aromatic rings. The first-order valence-electron chi connectivity index (χ1n) is 10.4. The Hall–Kier alpha value is -2.99. The molecule has 0 aliphatic carbocycles. The SMILES string of the molecule is CC(=O)c1ccccc1NC(=O)CN1CCN(C(=O)c2ccc(C(C)C)cc2)CC1. The van der Waals surface area contributed by atoms with Crippen LogP contribution in [-0.2, 0) is 4.79 Å². The Balaban J connectivity index is 1.51. The number of carbonyl (C=O) groups is 3. The third kappa shape index (κ3) is 5.33. The molecule has 1 aliphatic heterocycles. The first-order valence-corrected chi connectivity index (χ1v) is 10.4. The average molecular weight is 408 g/mol. The van der Waals surface area contributed by atoms with Gasteiger partial charge in [0.25, 0.3) is 5.91 Å². The van der Waals surface area contributed by atoms with Gasteiger partial charge in [-0.3, -0.25) is 19.3 Å². The summed E-state index contributed by atoms with van der Waals surface area (Å²) in [6.07, 6.45) is 0. The highest BCUT2D eigenvalue weighted by Crippen LogP contribution is 2.17. The van der Waals surface area contributed by atoms with Gasteiger partial charge in [0.2, 0.25) is 5.91 Å². The van der Waals surface area contributed by atoms with Crippen LogP contribution < -0.4 is 5.32 Å². The van der Waals surface area contributed by atoms with Crippen LogP contribution >= 0.6 is 0 Å². The van der Waals surface area contributed by atoms with Crippen molar-refractivity contribution in [2.75, 3.05) is 38.0 Å². The van der Waals surface area contributed by atoms with E-state index < -0.39 is 0 Å². The predicted molar refractivity (Wildman–Crippen MR) is 118 cm³/mol. The van der Waals surface area contributed by atoms with Crippen molar-refractivity contribution in [3.05, 3.63) is 65.2 Å². The van der Waals surface area contributed by atoms with Crippen LogP contribution in [0.2, 0.25) is 0 Å². The number of anilines is 1. The number of hydrogen-bond donors (Lipinski definition) is 1. The molecular weight excluding hydrogens is 378 g/mol. The Morgan fingerprint density at radius 2 is 1.57 bits per heavy atom. The molecule has 0 saturated carbocycles. The van der Waals surface area contributed by atoms with Crippen LogP contribution in [0, 0.1) is 0 Å². The van der Waals surface area contributed by atoms with E-state index >= 15 is 0 Å². The molecule has 0 radical (unpaired) electrons. The van der Waals surface area contributed by atoms with Crippen LogP contribution in [0.1, 0.15) is 53.0 Å². The molecule has 0 unspecified atom stereocenters. The minimum absolute atomic E-state index is 0.0322. The predicted octanol–water partition coefficient (Wildman–Crippen LogP) is 3.41. The summed E-state index contributed by atoms with van der Waals surface area (Å²) < 4.78 is 0. The molecule has 0 bridgehead atoms. The van der Waals surface area contributed by atoms with Gasteiger partial charge in [0.15, 0.2) is 5.78 Å². The molecule has 1 saturated heterocycles. The second kappa shape index (κ2) is 9.67. The van der Waals surface area contributed by atoms with Crippen LogP contribution in [0.3, 0.4) is 0 Å². The molecule has 0 atom stereocenters. The third-order valence-electron chi connectivity index (χ3n) is 5.43. The lowest BCUT2D eigenvalue weighted by molar-refractivity contribution is -0.117. The van der Waals surface area contributed by atoms with Gasteiger partial charge in [-0.2, -0.15) is 0 Å². The van der Waals surface area contributed by atoms with E-state index in [0.717, 1.165) is 0 Å². The molecule has 2 aromatic carbocycles. The number of Topliss-reactive ketones (excluding diaryl/α,β-unsaturated/α-hetero) is 1. The number of benzene rings is 2. The summed E-state index contributed by atoms with van der Waals surface area (Å²) in [6.45, 7) is 8.42. The first-order chi connectivity index (χ1) is 14.3. The topological polar surface area (TPSA) is 69.7 Å². The number of carbonyl (C=O) groups excluding carboxylic acids is 3. The Bertz CT molecular complexity index is 914. The Kier molecular flexibility index (Phi) is 7.00. The number of piperazine rings is 1. The average Bonchev–Trinajstić information content (AvgIpc) is 2.74. The molecular formula is C24H29N3O3. The standard InChI is InChI=1S/C24H29N3O3/c1-17(2)19-8-10-20(11-9-19)24(30)27-14-12-26(13-15-27)16-23(29)25-22-7-5-4-6-21(22)18(3)28/h4-11,17H,12-16H2,1-3H3,(H,25,29). The van der Waals surface area contributed by atoms with Gasteiger partial charge < -0.3 is 10.2 Å². The van der Waals surface area contributed by atoms with Crippen molar-refractivity contribution in [1.29, 1.82) is 0 Å². The Labute approximate surface area is 177 Å². The number of rotatable bonds is 6. The molecule has 0 aromatic heterocycles. The highest BCUT2D eigenvalue weighted by Gasteiger charge is 2.23. The van der Waals surface area contributed by atoms with Crippen LogP contribution in [0.5, 0.6) is 0 Å². The van der Waals surface area contributed by atoms with Gasteiger partial charge in [-0.05, 0) is 42.7 Å². The fourth-order valence-electron chi connectivity index (χ4n) is 3.59. The highest BCUT2D eigenvalue weighted by molar-refractivity contribution is 6.04. The maximum absolute atomic E-state index is 12.7. The summed E-state index contributed by atoms with van der Waals surface area (Å²) in [6, 6.07) is 14.8. The zero-order valence-electron chi connectivity index (χ0n) is 17.9.